The van der Waals surface area contributed by atoms with E-state index >= 15 is 0 Å². The van der Waals surface area contributed by atoms with Gasteiger partial charge in [0.15, 0.2) is 0 Å². The lowest BCUT2D eigenvalue weighted by molar-refractivity contribution is -0.128. The molecule has 2 aliphatic rings. The number of carbonyl (C=O) groups is 1. The summed E-state index contributed by atoms with van der Waals surface area (Å²) in [5, 5.41) is 4.17. The largest absolute Gasteiger partial charge is 0.381 e. The van der Waals surface area contributed by atoms with Crippen LogP contribution in [0.5, 0.6) is 0 Å². The molecule has 1 aliphatic heterocycles. The Morgan fingerprint density at radius 3 is 2.53 bits per heavy atom. The SMILES string of the molecule is O=C(NCC1(CBr)CCCC1)C1CCOCC1. The van der Waals surface area contributed by atoms with Crippen molar-refractivity contribution < 1.29 is 9.53 Å². The van der Waals surface area contributed by atoms with Crippen molar-refractivity contribution in [3.63, 3.8) is 0 Å². The summed E-state index contributed by atoms with van der Waals surface area (Å²) in [5.74, 6) is 0.415. The molecule has 0 spiro atoms. The highest BCUT2D eigenvalue weighted by Gasteiger charge is 2.33. The van der Waals surface area contributed by atoms with Crippen LogP contribution in [0.1, 0.15) is 38.5 Å². The van der Waals surface area contributed by atoms with Crippen molar-refractivity contribution in [1.82, 2.24) is 5.32 Å². The number of ether oxygens (including phenoxy) is 1. The van der Waals surface area contributed by atoms with E-state index in [1.165, 1.54) is 25.7 Å². The van der Waals surface area contributed by atoms with E-state index in [0.717, 1.165) is 37.9 Å². The van der Waals surface area contributed by atoms with Gasteiger partial charge in [-0.25, -0.2) is 0 Å². The minimum atomic E-state index is 0.178. The number of nitrogens with one attached hydrogen (secondary N) is 1. The van der Waals surface area contributed by atoms with Crippen molar-refractivity contribution in [3.8, 4) is 0 Å². The van der Waals surface area contributed by atoms with Crippen LogP contribution in [0.3, 0.4) is 0 Å². The molecule has 1 amide bonds. The first-order chi connectivity index (χ1) is 8.26. The number of hydrogen-bond acceptors (Lipinski definition) is 2. The second-order valence-electron chi connectivity index (χ2n) is 5.45. The monoisotopic (exact) mass is 303 g/mol. The smallest absolute Gasteiger partial charge is 0.223 e. The van der Waals surface area contributed by atoms with Gasteiger partial charge < -0.3 is 10.1 Å². The minimum Gasteiger partial charge on any atom is -0.381 e. The molecule has 1 saturated carbocycles. The molecular formula is C13H22BrNO2. The first kappa shape index (κ1) is 13.3. The molecule has 17 heavy (non-hydrogen) atoms. The van der Waals surface area contributed by atoms with Gasteiger partial charge >= 0.3 is 0 Å². The van der Waals surface area contributed by atoms with Gasteiger partial charge in [-0.05, 0) is 31.1 Å². The fourth-order valence-electron chi connectivity index (χ4n) is 2.86. The molecule has 0 radical (unpaired) electrons. The summed E-state index contributed by atoms with van der Waals surface area (Å²) in [7, 11) is 0. The summed E-state index contributed by atoms with van der Waals surface area (Å²) in [4.78, 5) is 12.0. The number of hydrogen-bond donors (Lipinski definition) is 1. The van der Waals surface area contributed by atoms with E-state index in [1.54, 1.807) is 0 Å². The Morgan fingerprint density at radius 2 is 1.94 bits per heavy atom. The zero-order valence-electron chi connectivity index (χ0n) is 10.3. The van der Waals surface area contributed by atoms with E-state index < -0.39 is 0 Å². The van der Waals surface area contributed by atoms with Crippen LogP contribution in [0.15, 0.2) is 0 Å². The van der Waals surface area contributed by atoms with Gasteiger partial charge in [0, 0.05) is 31.0 Å². The van der Waals surface area contributed by atoms with Crippen molar-refractivity contribution in [1.29, 1.82) is 0 Å². The fraction of sp³-hybridized carbons (Fsp3) is 0.923. The van der Waals surface area contributed by atoms with E-state index in [9.17, 15) is 4.79 Å². The predicted molar refractivity (Wildman–Crippen MR) is 71.2 cm³/mol. The minimum absolute atomic E-state index is 0.178. The maximum atomic E-state index is 12.0. The lowest BCUT2D eigenvalue weighted by atomic mass is 9.88. The molecule has 2 rings (SSSR count). The van der Waals surface area contributed by atoms with Crippen LogP contribution >= 0.6 is 15.9 Å². The van der Waals surface area contributed by atoms with Crippen molar-refractivity contribution in [3.05, 3.63) is 0 Å². The van der Waals surface area contributed by atoms with E-state index in [1.807, 2.05) is 0 Å². The summed E-state index contributed by atoms with van der Waals surface area (Å²) in [6.07, 6.45) is 6.86. The van der Waals surface area contributed by atoms with E-state index in [4.69, 9.17) is 4.74 Å². The summed E-state index contributed by atoms with van der Waals surface area (Å²) in [5.41, 5.74) is 0.320. The normalized spacial score (nSPS) is 24.8. The van der Waals surface area contributed by atoms with Crippen LogP contribution in [0.4, 0.5) is 0 Å². The van der Waals surface area contributed by atoms with Crippen LogP contribution < -0.4 is 5.32 Å². The molecule has 0 aromatic heterocycles. The third-order valence-corrected chi connectivity index (χ3v) is 5.37. The van der Waals surface area contributed by atoms with Crippen molar-refractivity contribution in [2.24, 2.45) is 11.3 Å². The highest BCUT2D eigenvalue weighted by Crippen LogP contribution is 2.39. The van der Waals surface area contributed by atoms with Gasteiger partial charge in [-0.3, -0.25) is 4.79 Å². The lowest BCUT2D eigenvalue weighted by Crippen LogP contribution is -2.41. The van der Waals surface area contributed by atoms with Crippen LogP contribution in [-0.4, -0.2) is 31.0 Å². The van der Waals surface area contributed by atoms with Gasteiger partial charge in [0.1, 0.15) is 0 Å². The van der Waals surface area contributed by atoms with Crippen LogP contribution in [0.25, 0.3) is 0 Å². The molecule has 4 heteroatoms. The van der Waals surface area contributed by atoms with Crippen molar-refractivity contribution in [2.75, 3.05) is 25.1 Å². The highest BCUT2D eigenvalue weighted by atomic mass is 79.9. The highest BCUT2D eigenvalue weighted by molar-refractivity contribution is 9.09. The Hall–Kier alpha value is -0.0900. The molecule has 3 nitrogen and oxygen atoms in total. The molecular weight excluding hydrogens is 282 g/mol. The zero-order chi connectivity index (χ0) is 12.1. The molecule has 1 saturated heterocycles. The zero-order valence-corrected chi connectivity index (χ0v) is 11.9. The van der Waals surface area contributed by atoms with Crippen molar-refractivity contribution in [2.45, 2.75) is 38.5 Å². The van der Waals surface area contributed by atoms with Gasteiger partial charge in [0.25, 0.3) is 0 Å². The molecule has 0 bridgehead atoms. The summed E-state index contributed by atoms with van der Waals surface area (Å²) >= 11 is 3.61. The third-order valence-electron chi connectivity index (χ3n) is 4.18. The number of alkyl halides is 1. The molecule has 0 atom stereocenters. The van der Waals surface area contributed by atoms with Crippen LogP contribution in [-0.2, 0) is 9.53 Å². The standard InChI is InChI=1S/C13H22BrNO2/c14-9-13(5-1-2-6-13)10-15-12(16)11-3-7-17-8-4-11/h11H,1-10H2,(H,15,16). The second kappa shape index (κ2) is 6.19. The summed E-state index contributed by atoms with van der Waals surface area (Å²) < 4.78 is 5.28. The quantitative estimate of drug-likeness (QED) is 0.810. The molecule has 0 aromatic rings. The van der Waals surface area contributed by atoms with E-state index in [2.05, 4.69) is 21.2 Å². The lowest BCUT2D eigenvalue weighted by Gasteiger charge is -2.28. The number of amides is 1. The molecule has 0 unspecified atom stereocenters. The predicted octanol–water partition coefficient (Wildman–Crippen LogP) is 2.48. The Balaban J connectivity index is 1.78. The molecule has 1 heterocycles. The molecule has 98 valence electrons. The molecule has 1 N–H and O–H groups in total. The van der Waals surface area contributed by atoms with E-state index in [-0.39, 0.29) is 11.8 Å². The average Bonchev–Trinajstić information content (AvgIpc) is 2.86. The molecule has 0 aromatic carbocycles. The Labute approximate surface area is 112 Å². The van der Waals surface area contributed by atoms with Gasteiger partial charge in [-0.1, -0.05) is 28.8 Å². The molecule has 1 aliphatic carbocycles. The maximum Gasteiger partial charge on any atom is 0.223 e. The maximum absolute atomic E-state index is 12.0. The van der Waals surface area contributed by atoms with Gasteiger partial charge in [-0.15, -0.1) is 0 Å². The van der Waals surface area contributed by atoms with Gasteiger partial charge in [0.2, 0.25) is 5.91 Å². The number of carbonyl (C=O) groups excluding carboxylic acids is 1. The molecule has 2 fully saturated rings. The Kier molecular flexibility index (Phi) is 4.86. The third kappa shape index (κ3) is 3.44. The summed E-state index contributed by atoms with van der Waals surface area (Å²) in [6.45, 7) is 2.32. The van der Waals surface area contributed by atoms with Gasteiger partial charge in [-0.2, -0.15) is 0 Å². The number of rotatable bonds is 4. The van der Waals surface area contributed by atoms with Crippen molar-refractivity contribution >= 4 is 21.8 Å². The number of halogens is 1. The first-order valence-electron chi connectivity index (χ1n) is 6.67. The van der Waals surface area contributed by atoms with Crippen LogP contribution in [0, 0.1) is 11.3 Å². The fourth-order valence-corrected chi connectivity index (χ4v) is 3.62. The Bertz CT molecular complexity index is 258. The van der Waals surface area contributed by atoms with Gasteiger partial charge in [0.05, 0.1) is 0 Å². The second-order valence-corrected chi connectivity index (χ2v) is 6.01. The van der Waals surface area contributed by atoms with E-state index in [0.29, 0.717) is 5.41 Å². The topological polar surface area (TPSA) is 38.3 Å². The first-order valence-corrected chi connectivity index (χ1v) is 7.79. The summed E-state index contributed by atoms with van der Waals surface area (Å²) in [6, 6.07) is 0. The Morgan fingerprint density at radius 1 is 1.29 bits per heavy atom. The van der Waals surface area contributed by atoms with Crippen LogP contribution in [0.2, 0.25) is 0 Å². The average molecular weight is 304 g/mol.